The van der Waals surface area contributed by atoms with Crippen molar-refractivity contribution < 1.29 is 9.47 Å². The largest absolute Gasteiger partial charge is 0.377 e. The van der Waals surface area contributed by atoms with Crippen molar-refractivity contribution in [3.05, 3.63) is 29.3 Å². The fraction of sp³-hybridized carbons (Fsp3) is 0.647. The molecule has 3 atom stereocenters. The first-order valence-electron chi connectivity index (χ1n) is 7.74. The van der Waals surface area contributed by atoms with Crippen LogP contribution in [0.3, 0.4) is 0 Å². The van der Waals surface area contributed by atoms with E-state index in [9.17, 15) is 0 Å². The van der Waals surface area contributed by atoms with Gasteiger partial charge in [-0.1, -0.05) is 24.6 Å². The first-order chi connectivity index (χ1) is 10.1. The predicted octanol–water partition coefficient (Wildman–Crippen LogP) is 2.12. The van der Waals surface area contributed by atoms with Crippen LogP contribution < -0.4 is 10.6 Å². The number of anilines is 1. The summed E-state index contributed by atoms with van der Waals surface area (Å²) < 4.78 is 11.1. The number of nitrogens with two attached hydrogens (primary N) is 1. The minimum Gasteiger partial charge on any atom is -0.377 e. The Hall–Kier alpha value is -1.10. The maximum atomic E-state index is 6.16. The average Bonchev–Trinajstić information content (AvgIpc) is 2.90. The van der Waals surface area contributed by atoms with E-state index in [1.54, 1.807) is 14.2 Å². The highest BCUT2D eigenvalue weighted by atomic mass is 16.5. The van der Waals surface area contributed by atoms with E-state index in [4.69, 9.17) is 15.2 Å². The number of aryl methyl sites for hydroxylation is 1. The molecule has 1 aliphatic heterocycles. The number of benzene rings is 1. The van der Waals surface area contributed by atoms with Gasteiger partial charge in [-0.15, -0.1) is 0 Å². The molecule has 21 heavy (non-hydrogen) atoms. The highest BCUT2D eigenvalue weighted by molar-refractivity contribution is 5.56. The van der Waals surface area contributed by atoms with E-state index < -0.39 is 0 Å². The Balaban J connectivity index is 2.23. The molecule has 1 aromatic rings. The standard InChI is InChI=1S/C17H28N2O2/c1-5-14(18)9-13-8-12(2)6-7-15(13)19-10-16(20-3)17(11-19)21-4/h6-8,14,16-17H,5,9-11,18H2,1-4H3. The van der Waals surface area contributed by atoms with Crippen molar-refractivity contribution in [3.63, 3.8) is 0 Å². The van der Waals surface area contributed by atoms with Gasteiger partial charge in [0.1, 0.15) is 12.2 Å². The van der Waals surface area contributed by atoms with Gasteiger partial charge in [0.2, 0.25) is 0 Å². The molecule has 0 radical (unpaired) electrons. The van der Waals surface area contributed by atoms with Gasteiger partial charge in [0.25, 0.3) is 0 Å². The zero-order chi connectivity index (χ0) is 15.4. The van der Waals surface area contributed by atoms with Gasteiger partial charge in [-0.05, 0) is 31.4 Å². The third-order valence-electron chi connectivity index (χ3n) is 4.40. The lowest BCUT2D eigenvalue weighted by molar-refractivity contribution is -0.00461. The van der Waals surface area contributed by atoms with Crippen LogP contribution in [0.15, 0.2) is 18.2 Å². The highest BCUT2D eigenvalue weighted by Gasteiger charge is 2.33. The molecule has 1 aromatic carbocycles. The van der Waals surface area contributed by atoms with Crippen molar-refractivity contribution in [1.82, 2.24) is 0 Å². The lowest BCUT2D eigenvalue weighted by Crippen LogP contribution is -2.27. The van der Waals surface area contributed by atoms with Crippen molar-refractivity contribution in [1.29, 1.82) is 0 Å². The van der Waals surface area contributed by atoms with Crippen LogP contribution in [0.5, 0.6) is 0 Å². The van der Waals surface area contributed by atoms with Gasteiger partial charge >= 0.3 is 0 Å². The number of hydrogen-bond donors (Lipinski definition) is 1. The van der Waals surface area contributed by atoms with Crippen molar-refractivity contribution in [2.45, 2.75) is 44.9 Å². The molecule has 118 valence electrons. The summed E-state index contributed by atoms with van der Waals surface area (Å²) in [5.41, 5.74) is 10.0. The second-order valence-electron chi connectivity index (χ2n) is 5.96. The monoisotopic (exact) mass is 292 g/mol. The molecule has 2 N–H and O–H groups in total. The van der Waals surface area contributed by atoms with E-state index in [0.29, 0.717) is 0 Å². The molecule has 2 rings (SSSR count). The quantitative estimate of drug-likeness (QED) is 0.872. The zero-order valence-corrected chi connectivity index (χ0v) is 13.6. The fourth-order valence-electron chi connectivity index (χ4n) is 3.01. The van der Waals surface area contributed by atoms with Gasteiger partial charge in [-0.25, -0.2) is 0 Å². The molecule has 1 aliphatic rings. The van der Waals surface area contributed by atoms with E-state index in [1.807, 2.05) is 0 Å². The molecule has 3 unspecified atom stereocenters. The van der Waals surface area contributed by atoms with Gasteiger partial charge in [0.05, 0.1) is 0 Å². The van der Waals surface area contributed by atoms with Crippen LogP contribution in [0, 0.1) is 6.92 Å². The summed E-state index contributed by atoms with van der Waals surface area (Å²) in [4.78, 5) is 2.36. The molecule has 0 amide bonds. The van der Waals surface area contributed by atoms with Gasteiger partial charge in [-0.3, -0.25) is 0 Å². The van der Waals surface area contributed by atoms with Crippen LogP contribution in [-0.2, 0) is 15.9 Å². The fourth-order valence-corrected chi connectivity index (χ4v) is 3.01. The first-order valence-corrected chi connectivity index (χ1v) is 7.74. The van der Waals surface area contributed by atoms with Crippen molar-refractivity contribution in [2.75, 3.05) is 32.2 Å². The number of nitrogens with zero attached hydrogens (tertiary/aromatic N) is 1. The summed E-state index contributed by atoms with van der Waals surface area (Å²) in [7, 11) is 3.51. The van der Waals surface area contributed by atoms with Crippen LogP contribution in [0.4, 0.5) is 5.69 Å². The normalized spacial score (nSPS) is 23.6. The molecule has 4 heteroatoms. The highest BCUT2D eigenvalue weighted by Crippen LogP contribution is 2.28. The molecule has 0 aliphatic carbocycles. The second kappa shape index (κ2) is 7.25. The Morgan fingerprint density at radius 1 is 1.24 bits per heavy atom. The number of hydrogen-bond acceptors (Lipinski definition) is 4. The summed E-state index contributed by atoms with van der Waals surface area (Å²) >= 11 is 0. The van der Waals surface area contributed by atoms with E-state index in [1.165, 1.54) is 16.8 Å². The van der Waals surface area contributed by atoms with Crippen molar-refractivity contribution >= 4 is 5.69 Å². The Kier molecular flexibility index (Phi) is 5.62. The molecular weight excluding hydrogens is 264 g/mol. The Bertz CT molecular complexity index is 452. The topological polar surface area (TPSA) is 47.7 Å². The molecular formula is C17H28N2O2. The summed E-state index contributed by atoms with van der Waals surface area (Å²) in [5, 5.41) is 0. The smallest absolute Gasteiger partial charge is 0.102 e. The summed E-state index contributed by atoms with van der Waals surface area (Å²) in [6.45, 7) is 6.00. The van der Waals surface area contributed by atoms with E-state index >= 15 is 0 Å². The van der Waals surface area contributed by atoms with Gasteiger partial charge in [0, 0.05) is 39.0 Å². The zero-order valence-electron chi connectivity index (χ0n) is 13.6. The molecule has 0 saturated carbocycles. The Labute approximate surface area is 128 Å². The van der Waals surface area contributed by atoms with Gasteiger partial charge < -0.3 is 20.1 Å². The minimum absolute atomic E-state index is 0.129. The number of ether oxygens (including phenoxy) is 2. The van der Waals surface area contributed by atoms with Crippen molar-refractivity contribution in [3.8, 4) is 0 Å². The van der Waals surface area contributed by atoms with Gasteiger partial charge in [-0.2, -0.15) is 0 Å². The molecule has 0 aromatic heterocycles. The average molecular weight is 292 g/mol. The molecule has 1 heterocycles. The maximum absolute atomic E-state index is 6.16. The first kappa shape index (κ1) is 16.3. The van der Waals surface area contributed by atoms with Crippen molar-refractivity contribution in [2.24, 2.45) is 5.73 Å². The summed E-state index contributed by atoms with van der Waals surface area (Å²) in [6, 6.07) is 6.84. The second-order valence-corrected chi connectivity index (χ2v) is 5.96. The van der Waals surface area contributed by atoms with Crippen LogP contribution in [0.1, 0.15) is 24.5 Å². The van der Waals surface area contributed by atoms with E-state index in [0.717, 1.165) is 25.9 Å². The lowest BCUT2D eigenvalue weighted by atomic mass is 10.00. The molecule has 0 bridgehead atoms. The maximum Gasteiger partial charge on any atom is 0.102 e. The molecule has 1 saturated heterocycles. The van der Waals surface area contributed by atoms with Crippen LogP contribution in [0.2, 0.25) is 0 Å². The van der Waals surface area contributed by atoms with Crippen LogP contribution >= 0.6 is 0 Å². The van der Waals surface area contributed by atoms with Crippen LogP contribution in [-0.4, -0.2) is 45.6 Å². The summed E-state index contributed by atoms with van der Waals surface area (Å²) in [5.74, 6) is 0. The number of methoxy groups -OCH3 is 2. The predicted molar refractivity (Wildman–Crippen MR) is 87.0 cm³/mol. The third-order valence-corrected chi connectivity index (χ3v) is 4.40. The number of rotatable bonds is 6. The Morgan fingerprint density at radius 3 is 2.38 bits per heavy atom. The molecule has 0 spiro atoms. The van der Waals surface area contributed by atoms with Gasteiger partial charge in [0.15, 0.2) is 0 Å². The molecule has 1 fully saturated rings. The third kappa shape index (κ3) is 3.76. The van der Waals surface area contributed by atoms with E-state index in [2.05, 4.69) is 36.9 Å². The SMILES string of the molecule is CCC(N)Cc1cc(C)ccc1N1CC(OC)C(OC)C1. The van der Waals surface area contributed by atoms with Crippen LogP contribution in [0.25, 0.3) is 0 Å². The van der Waals surface area contributed by atoms with E-state index in [-0.39, 0.29) is 18.2 Å². The Morgan fingerprint density at radius 2 is 1.86 bits per heavy atom. The minimum atomic E-state index is 0.129. The lowest BCUT2D eigenvalue weighted by Gasteiger charge is -2.23. The summed E-state index contributed by atoms with van der Waals surface area (Å²) in [6.07, 6.45) is 2.17. The molecule has 4 nitrogen and oxygen atoms in total.